The van der Waals surface area contributed by atoms with Crippen LogP contribution >= 0.6 is 0 Å². The highest BCUT2D eigenvalue weighted by atomic mass is 16.5. The molecule has 0 bridgehead atoms. The molecule has 152 valence electrons. The molecule has 1 fully saturated rings. The fourth-order valence-corrected chi connectivity index (χ4v) is 4.27. The molecule has 0 radical (unpaired) electrons. The van der Waals surface area contributed by atoms with Crippen LogP contribution in [0.25, 0.3) is 22.0 Å². The van der Waals surface area contributed by atoms with Gasteiger partial charge < -0.3 is 14.8 Å². The van der Waals surface area contributed by atoms with Gasteiger partial charge in [-0.05, 0) is 66.0 Å². The Labute approximate surface area is 171 Å². The third kappa shape index (κ3) is 4.64. The Morgan fingerprint density at radius 3 is 2.76 bits per heavy atom. The summed E-state index contributed by atoms with van der Waals surface area (Å²) in [6.07, 6.45) is 8.90. The topological polar surface area (TPSA) is 62.3 Å². The summed E-state index contributed by atoms with van der Waals surface area (Å²) < 4.78 is 6.31. The Morgan fingerprint density at radius 1 is 1.14 bits per heavy atom. The number of benzene rings is 2. The molecule has 1 aromatic heterocycles. The van der Waals surface area contributed by atoms with Gasteiger partial charge in [-0.2, -0.15) is 0 Å². The molecule has 0 saturated heterocycles. The summed E-state index contributed by atoms with van der Waals surface area (Å²) >= 11 is 0. The van der Waals surface area contributed by atoms with E-state index >= 15 is 0 Å². The Bertz CT molecular complexity index is 985. The zero-order valence-electron chi connectivity index (χ0n) is 17.0. The lowest BCUT2D eigenvalue weighted by atomic mass is 9.90. The number of carboxylic acid groups (broad SMARTS) is 1. The number of hydrogen-bond donors (Lipinski definition) is 2. The molecule has 1 atom stereocenters. The number of rotatable bonds is 7. The van der Waals surface area contributed by atoms with Crippen molar-refractivity contribution in [3.05, 3.63) is 54.2 Å². The molecule has 1 aliphatic carbocycles. The van der Waals surface area contributed by atoms with Crippen LogP contribution in [0.1, 0.15) is 44.6 Å². The molecule has 1 heterocycles. The predicted octanol–water partition coefficient (Wildman–Crippen LogP) is 6.06. The molecule has 0 aliphatic heterocycles. The van der Waals surface area contributed by atoms with Gasteiger partial charge in [-0.15, -0.1) is 0 Å². The van der Waals surface area contributed by atoms with E-state index in [0.29, 0.717) is 12.3 Å². The van der Waals surface area contributed by atoms with Crippen molar-refractivity contribution in [3.8, 4) is 16.9 Å². The van der Waals surface area contributed by atoms with Gasteiger partial charge in [-0.1, -0.05) is 44.4 Å². The van der Waals surface area contributed by atoms with Crippen LogP contribution in [0, 0.1) is 11.8 Å². The van der Waals surface area contributed by atoms with E-state index in [-0.39, 0.29) is 0 Å². The van der Waals surface area contributed by atoms with Crippen molar-refractivity contribution in [3.63, 3.8) is 0 Å². The lowest BCUT2D eigenvalue weighted by Gasteiger charge is -2.23. The minimum absolute atomic E-state index is 0.414. The molecule has 2 aromatic carbocycles. The minimum atomic E-state index is -0.767. The molecule has 0 spiro atoms. The summed E-state index contributed by atoms with van der Waals surface area (Å²) in [5.41, 5.74) is 4.23. The first-order valence-corrected chi connectivity index (χ1v) is 10.7. The van der Waals surface area contributed by atoms with E-state index in [1.54, 1.807) is 6.92 Å². The van der Waals surface area contributed by atoms with Crippen LogP contribution in [0.4, 0.5) is 0 Å². The standard InChI is InChI=1S/C25H29NO3/c1-17(25(27)28)13-19-7-10-24(29-16-18-5-3-2-4-6-18)22(14-19)21-9-8-20-11-12-26-23(20)15-21/h7-12,14-15,17-18,26H,2-6,13,16H2,1H3,(H,27,28). The van der Waals surface area contributed by atoms with Gasteiger partial charge in [0.25, 0.3) is 0 Å². The predicted molar refractivity (Wildman–Crippen MR) is 116 cm³/mol. The molecule has 3 aromatic rings. The van der Waals surface area contributed by atoms with Gasteiger partial charge in [-0.3, -0.25) is 4.79 Å². The average Bonchev–Trinajstić information content (AvgIpc) is 3.21. The third-order valence-corrected chi connectivity index (χ3v) is 6.07. The highest BCUT2D eigenvalue weighted by Crippen LogP contribution is 2.34. The molecule has 0 amide bonds. The van der Waals surface area contributed by atoms with Crippen molar-refractivity contribution in [1.29, 1.82) is 0 Å². The molecular formula is C25H29NO3. The first-order chi connectivity index (χ1) is 14.1. The van der Waals surface area contributed by atoms with Gasteiger partial charge in [0, 0.05) is 17.3 Å². The summed E-state index contributed by atoms with van der Waals surface area (Å²) in [7, 11) is 0. The average molecular weight is 392 g/mol. The Kier molecular flexibility index (Phi) is 5.89. The SMILES string of the molecule is CC(Cc1ccc(OCC2CCCCC2)c(-c2ccc3cc[nH]c3c2)c1)C(=O)O. The van der Waals surface area contributed by atoms with E-state index < -0.39 is 11.9 Å². The smallest absolute Gasteiger partial charge is 0.306 e. The zero-order chi connectivity index (χ0) is 20.2. The lowest BCUT2D eigenvalue weighted by molar-refractivity contribution is -0.141. The van der Waals surface area contributed by atoms with Crippen LogP contribution in [0.2, 0.25) is 0 Å². The zero-order valence-corrected chi connectivity index (χ0v) is 17.0. The maximum absolute atomic E-state index is 11.3. The highest BCUT2D eigenvalue weighted by Gasteiger charge is 2.17. The molecule has 2 N–H and O–H groups in total. The fraction of sp³-hybridized carbons (Fsp3) is 0.400. The van der Waals surface area contributed by atoms with Crippen LogP contribution in [0.15, 0.2) is 48.7 Å². The van der Waals surface area contributed by atoms with Crippen LogP contribution in [-0.2, 0) is 11.2 Å². The maximum atomic E-state index is 11.3. The lowest BCUT2D eigenvalue weighted by Crippen LogP contribution is -2.15. The second-order valence-electron chi connectivity index (χ2n) is 8.37. The molecule has 29 heavy (non-hydrogen) atoms. The summed E-state index contributed by atoms with van der Waals surface area (Å²) in [6, 6.07) is 14.5. The highest BCUT2D eigenvalue weighted by molar-refractivity contribution is 5.86. The van der Waals surface area contributed by atoms with Gasteiger partial charge in [0.1, 0.15) is 5.75 Å². The number of nitrogens with one attached hydrogen (secondary N) is 1. The first kappa shape index (κ1) is 19.6. The monoisotopic (exact) mass is 391 g/mol. The Balaban J connectivity index is 1.64. The number of H-pyrrole nitrogens is 1. The van der Waals surface area contributed by atoms with Gasteiger partial charge in [0.2, 0.25) is 0 Å². The summed E-state index contributed by atoms with van der Waals surface area (Å²) in [6.45, 7) is 2.50. The normalized spacial score (nSPS) is 16.0. The van der Waals surface area contributed by atoms with E-state index in [4.69, 9.17) is 4.74 Å². The Morgan fingerprint density at radius 2 is 1.97 bits per heavy atom. The van der Waals surface area contributed by atoms with Crippen molar-refractivity contribution in [2.75, 3.05) is 6.61 Å². The van der Waals surface area contributed by atoms with Crippen molar-refractivity contribution in [1.82, 2.24) is 4.98 Å². The molecule has 4 rings (SSSR count). The number of ether oxygens (including phenoxy) is 1. The van der Waals surface area contributed by atoms with E-state index in [1.807, 2.05) is 18.3 Å². The number of aliphatic carboxylic acids is 1. The molecule has 4 nitrogen and oxygen atoms in total. The van der Waals surface area contributed by atoms with Crippen LogP contribution in [0.3, 0.4) is 0 Å². The molecule has 1 unspecified atom stereocenters. The van der Waals surface area contributed by atoms with Gasteiger partial charge >= 0.3 is 5.97 Å². The second-order valence-corrected chi connectivity index (χ2v) is 8.37. The van der Waals surface area contributed by atoms with E-state index in [2.05, 4.69) is 35.3 Å². The number of aromatic nitrogens is 1. The quantitative estimate of drug-likeness (QED) is 0.515. The number of fused-ring (bicyclic) bond motifs is 1. The number of carboxylic acids is 1. The molecular weight excluding hydrogens is 362 g/mol. The van der Waals surface area contributed by atoms with E-state index in [9.17, 15) is 9.90 Å². The van der Waals surface area contributed by atoms with Crippen molar-refractivity contribution >= 4 is 16.9 Å². The van der Waals surface area contributed by atoms with Crippen LogP contribution in [-0.4, -0.2) is 22.7 Å². The molecule has 1 saturated carbocycles. The first-order valence-electron chi connectivity index (χ1n) is 10.7. The fourth-order valence-electron chi connectivity index (χ4n) is 4.27. The number of aromatic amines is 1. The van der Waals surface area contributed by atoms with E-state index in [1.165, 1.54) is 37.5 Å². The van der Waals surface area contributed by atoms with E-state index in [0.717, 1.165) is 34.6 Å². The van der Waals surface area contributed by atoms with Crippen LogP contribution < -0.4 is 4.74 Å². The maximum Gasteiger partial charge on any atom is 0.306 e. The summed E-state index contributed by atoms with van der Waals surface area (Å²) in [5.74, 6) is 0.335. The number of carbonyl (C=O) groups is 1. The third-order valence-electron chi connectivity index (χ3n) is 6.07. The molecule has 1 aliphatic rings. The van der Waals surface area contributed by atoms with Crippen molar-refractivity contribution < 1.29 is 14.6 Å². The number of hydrogen-bond acceptors (Lipinski definition) is 2. The second kappa shape index (κ2) is 8.73. The van der Waals surface area contributed by atoms with Gasteiger partial charge in [0.05, 0.1) is 12.5 Å². The van der Waals surface area contributed by atoms with Gasteiger partial charge in [-0.25, -0.2) is 0 Å². The largest absolute Gasteiger partial charge is 0.493 e. The summed E-state index contributed by atoms with van der Waals surface area (Å²) in [5, 5.41) is 10.5. The summed E-state index contributed by atoms with van der Waals surface area (Å²) in [4.78, 5) is 14.6. The van der Waals surface area contributed by atoms with Crippen LogP contribution in [0.5, 0.6) is 5.75 Å². The minimum Gasteiger partial charge on any atom is -0.493 e. The van der Waals surface area contributed by atoms with Crippen molar-refractivity contribution in [2.45, 2.75) is 45.4 Å². The van der Waals surface area contributed by atoms with Crippen molar-refractivity contribution in [2.24, 2.45) is 11.8 Å². The Hall–Kier alpha value is -2.75. The van der Waals surface area contributed by atoms with Gasteiger partial charge in [0.15, 0.2) is 0 Å². The molecule has 4 heteroatoms.